The summed E-state index contributed by atoms with van der Waals surface area (Å²) in [6.45, 7) is 1.93. The van der Waals surface area contributed by atoms with Gasteiger partial charge in [-0.1, -0.05) is 29.8 Å². The number of hydrogen-bond donors (Lipinski definition) is 1. The van der Waals surface area contributed by atoms with Crippen molar-refractivity contribution < 1.29 is 4.39 Å². The second kappa shape index (κ2) is 5.39. The summed E-state index contributed by atoms with van der Waals surface area (Å²) >= 11 is 9.18. The van der Waals surface area contributed by atoms with Crippen LogP contribution in [-0.4, -0.2) is 0 Å². The fourth-order valence-corrected chi connectivity index (χ4v) is 2.14. The fourth-order valence-electron chi connectivity index (χ4n) is 1.70. The zero-order valence-electron chi connectivity index (χ0n) is 9.75. The van der Waals surface area contributed by atoms with Gasteiger partial charge in [-0.3, -0.25) is 0 Å². The molecule has 2 aromatic carbocycles. The third kappa shape index (κ3) is 2.74. The van der Waals surface area contributed by atoms with Gasteiger partial charge in [0.1, 0.15) is 5.82 Å². The summed E-state index contributed by atoms with van der Waals surface area (Å²) in [7, 11) is 0. The molecule has 2 rings (SSSR count). The lowest BCUT2D eigenvalue weighted by Crippen LogP contribution is -2.12. The predicted molar refractivity (Wildman–Crippen MR) is 76.3 cm³/mol. The van der Waals surface area contributed by atoms with Gasteiger partial charge in [-0.2, -0.15) is 0 Å². The van der Waals surface area contributed by atoms with Crippen LogP contribution in [0.2, 0.25) is 5.02 Å². The number of benzene rings is 2. The van der Waals surface area contributed by atoms with Gasteiger partial charge in [-0.05, 0) is 57.7 Å². The quantitative estimate of drug-likeness (QED) is 0.856. The van der Waals surface area contributed by atoms with Gasteiger partial charge in [0, 0.05) is 5.02 Å². The van der Waals surface area contributed by atoms with Gasteiger partial charge in [0.25, 0.3) is 0 Å². The lowest BCUT2D eigenvalue weighted by atomic mass is 9.99. The number of aryl methyl sites for hydroxylation is 1. The summed E-state index contributed by atoms with van der Waals surface area (Å²) in [6, 6.07) is 10.1. The van der Waals surface area contributed by atoms with Crippen molar-refractivity contribution in [3.63, 3.8) is 0 Å². The van der Waals surface area contributed by atoms with Crippen molar-refractivity contribution in [3.05, 3.63) is 68.4 Å². The highest BCUT2D eigenvalue weighted by atomic mass is 79.9. The summed E-state index contributed by atoms with van der Waals surface area (Å²) < 4.78 is 13.9. The van der Waals surface area contributed by atoms with Gasteiger partial charge in [-0.25, -0.2) is 4.39 Å². The minimum absolute atomic E-state index is 0.318. The van der Waals surface area contributed by atoms with Crippen LogP contribution in [0.25, 0.3) is 0 Å². The molecule has 1 nitrogen and oxygen atoms in total. The van der Waals surface area contributed by atoms with Gasteiger partial charge in [-0.15, -0.1) is 0 Å². The molecule has 1 atom stereocenters. The van der Waals surface area contributed by atoms with Crippen LogP contribution in [0, 0.1) is 12.7 Å². The van der Waals surface area contributed by atoms with Gasteiger partial charge in [0.05, 0.1) is 10.5 Å². The van der Waals surface area contributed by atoms with E-state index in [4.69, 9.17) is 17.3 Å². The van der Waals surface area contributed by atoms with Crippen LogP contribution in [0.15, 0.2) is 40.9 Å². The lowest BCUT2D eigenvalue weighted by Gasteiger charge is -2.14. The predicted octanol–water partition coefficient (Wildman–Crippen LogP) is 4.60. The van der Waals surface area contributed by atoms with E-state index >= 15 is 0 Å². The van der Waals surface area contributed by atoms with E-state index in [1.54, 1.807) is 12.1 Å². The SMILES string of the molecule is Cc1ccc(C(N)c2ccc(Br)c(F)c2)cc1Cl. The molecule has 0 heterocycles. The molecule has 0 aliphatic heterocycles. The van der Waals surface area contributed by atoms with Crippen LogP contribution >= 0.6 is 27.5 Å². The Labute approximate surface area is 119 Å². The number of hydrogen-bond acceptors (Lipinski definition) is 1. The van der Waals surface area contributed by atoms with E-state index in [9.17, 15) is 4.39 Å². The molecule has 0 fully saturated rings. The van der Waals surface area contributed by atoms with Crippen LogP contribution in [0.3, 0.4) is 0 Å². The molecule has 18 heavy (non-hydrogen) atoms. The molecule has 0 spiro atoms. The Morgan fingerprint density at radius 2 is 1.78 bits per heavy atom. The van der Waals surface area contributed by atoms with Crippen molar-refractivity contribution in [2.24, 2.45) is 5.73 Å². The highest BCUT2D eigenvalue weighted by Gasteiger charge is 2.12. The minimum atomic E-state index is -0.384. The van der Waals surface area contributed by atoms with Crippen molar-refractivity contribution in [1.82, 2.24) is 0 Å². The number of rotatable bonds is 2. The van der Waals surface area contributed by atoms with Crippen molar-refractivity contribution >= 4 is 27.5 Å². The average molecular weight is 329 g/mol. The maximum absolute atomic E-state index is 13.5. The molecule has 2 N–H and O–H groups in total. The summed E-state index contributed by atoms with van der Waals surface area (Å²) in [5.74, 6) is -0.318. The largest absolute Gasteiger partial charge is 0.320 e. The molecule has 0 aliphatic carbocycles. The Morgan fingerprint density at radius 3 is 2.39 bits per heavy atom. The molecule has 0 bridgehead atoms. The first-order chi connectivity index (χ1) is 8.49. The normalized spacial score (nSPS) is 12.5. The van der Waals surface area contributed by atoms with Crippen LogP contribution in [0.1, 0.15) is 22.7 Å². The molecule has 2 aromatic rings. The zero-order valence-corrected chi connectivity index (χ0v) is 12.1. The fraction of sp³-hybridized carbons (Fsp3) is 0.143. The summed E-state index contributed by atoms with van der Waals surface area (Å²) in [4.78, 5) is 0. The molecule has 0 saturated carbocycles. The van der Waals surface area contributed by atoms with E-state index in [1.807, 2.05) is 25.1 Å². The van der Waals surface area contributed by atoms with E-state index in [1.165, 1.54) is 6.07 Å². The zero-order chi connectivity index (χ0) is 13.3. The molecular weight excluding hydrogens is 317 g/mol. The first-order valence-corrected chi connectivity index (χ1v) is 6.62. The first-order valence-electron chi connectivity index (χ1n) is 5.45. The maximum Gasteiger partial charge on any atom is 0.137 e. The van der Waals surface area contributed by atoms with Crippen molar-refractivity contribution in [2.75, 3.05) is 0 Å². The highest BCUT2D eigenvalue weighted by Crippen LogP contribution is 2.26. The lowest BCUT2D eigenvalue weighted by molar-refractivity contribution is 0.617. The molecule has 0 aromatic heterocycles. The second-order valence-corrected chi connectivity index (χ2v) is 5.42. The summed E-state index contributed by atoms with van der Waals surface area (Å²) in [6.07, 6.45) is 0. The highest BCUT2D eigenvalue weighted by molar-refractivity contribution is 9.10. The molecule has 0 amide bonds. The van der Waals surface area contributed by atoms with Gasteiger partial charge in [0.15, 0.2) is 0 Å². The van der Waals surface area contributed by atoms with Gasteiger partial charge in [0.2, 0.25) is 0 Å². The maximum atomic E-state index is 13.5. The van der Waals surface area contributed by atoms with E-state index in [0.29, 0.717) is 9.50 Å². The summed E-state index contributed by atoms with van der Waals surface area (Å²) in [5.41, 5.74) is 8.69. The Hall–Kier alpha value is -0.900. The smallest absolute Gasteiger partial charge is 0.137 e. The van der Waals surface area contributed by atoms with Gasteiger partial charge >= 0.3 is 0 Å². The molecule has 4 heteroatoms. The molecular formula is C14H12BrClFN. The molecule has 0 aliphatic rings. The van der Waals surface area contributed by atoms with Crippen molar-refractivity contribution in [1.29, 1.82) is 0 Å². The van der Waals surface area contributed by atoms with Gasteiger partial charge < -0.3 is 5.73 Å². The topological polar surface area (TPSA) is 26.0 Å². The Bertz CT molecular complexity index is 535. The van der Waals surface area contributed by atoms with E-state index in [2.05, 4.69) is 15.9 Å². The van der Waals surface area contributed by atoms with Crippen LogP contribution in [0.4, 0.5) is 4.39 Å². The van der Waals surface area contributed by atoms with Crippen molar-refractivity contribution in [3.8, 4) is 0 Å². The van der Waals surface area contributed by atoms with E-state index < -0.39 is 0 Å². The minimum Gasteiger partial charge on any atom is -0.320 e. The Balaban J connectivity index is 2.37. The van der Waals surface area contributed by atoms with E-state index in [0.717, 1.165) is 16.7 Å². The summed E-state index contributed by atoms with van der Waals surface area (Å²) in [5, 5.41) is 0.667. The molecule has 0 saturated heterocycles. The number of nitrogens with two attached hydrogens (primary N) is 1. The van der Waals surface area contributed by atoms with E-state index in [-0.39, 0.29) is 11.9 Å². The Morgan fingerprint density at radius 1 is 1.17 bits per heavy atom. The third-order valence-electron chi connectivity index (χ3n) is 2.86. The standard InChI is InChI=1S/C14H12BrClFN/c1-8-2-3-9(6-12(8)16)14(18)10-4-5-11(15)13(17)7-10/h2-7,14H,18H2,1H3. The third-order valence-corrected chi connectivity index (χ3v) is 3.91. The molecule has 94 valence electrons. The van der Waals surface area contributed by atoms with Crippen LogP contribution in [0.5, 0.6) is 0 Å². The Kier molecular flexibility index (Phi) is 4.05. The van der Waals surface area contributed by atoms with Crippen LogP contribution in [-0.2, 0) is 0 Å². The first kappa shape index (κ1) is 13.5. The van der Waals surface area contributed by atoms with Crippen molar-refractivity contribution in [2.45, 2.75) is 13.0 Å². The second-order valence-electron chi connectivity index (χ2n) is 4.16. The monoisotopic (exact) mass is 327 g/mol. The molecule has 0 radical (unpaired) electrons. The number of halogens is 3. The average Bonchev–Trinajstić information content (AvgIpc) is 2.35. The molecule has 1 unspecified atom stereocenters. The van der Waals surface area contributed by atoms with Crippen LogP contribution < -0.4 is 5.73 Å².